The van der Waals surface area contributed by atoms with Crippen LogP contribution >= 0.6 is 0 Å². The monoisotopic (exact) mass is 996 g/mol. The first-order chi connectivity index (χ1) is 26.6. The molecule has 1 aliphatic carbocycles. The summed E-state index contributed by atoms with van der Waals surface area (Å²) in [5.41, 5.74) is -33.5. The van der Waals surface area contributed by atoms with Crippen molar-refractivity contribution >= 4 is 5.97 Å². The van der Waals surface area contributed by atoms with E-state index in [1.165, 1.54) is 4.74 Å². The van der Waals surface area contributed by atoms with E-state index in [1.54, 1.807) is 0 Å². The number of aliphatic hydroxyl groups excluding tert-OH is 1. The van der Waals surface area contributed by atoms with Gasteiger partial charge in [0.25, 0.3) is 23.2 Å². The van der Waals surface area contributed by atoms with E-state index in [2.05, 4.69) is 20.8 Å². The Morgan fingerprint density at radius 2 is 0.903 bits per heavy atom. The molecule has 0 heterocycles. The van der Waals surface area contributed by atoms with Gasteiger partial charge in [0.15, 0.2) is 6.61 Å². The normalized spacial score (nSPS) is 27.0. The van der Waals surface area contributed by atoms with E-state index >= 15 is 17.6 Å². The molecule has 0 aromatic carbocycles. The maximum Gasteiger partial charge on any atom is 0.453 e. The summed E-state index contributed by atoms with van der Waals surface area (Å²) in [4.78, 5) is 10.7. The summed E-state index contributed by atoms with van der Waals surface area (Å²) >= 11 is 0. The van der Waals surface area contributed by atoms with Crippen LogP contribution in [-0.4, -0.2) is 127 Å². The molecule has 36 heteroatoms. The van der Waals surface area contributed by atoms with Gasteiger partial charge in [-0.2, -0.15) is 92.2 Å². The lowest BCUT2D eigenvalue weighted by Gasteiger charge is -2.63. The lowest BCUT2D eigenvalue weighted by molar-refractivity contribution is -0.557. The lowest BCUT2D eigenvalue weighted by atomic mass is 9.52. The number of esters is 1. The summed E-state index contributed by atoms with van der Waals surface area (Å²) < 4.78 is 410. The van der Waals surface area contributed by atoms with Crippen molar-refractivity contribution in [1.29, 1.82) is 0 Å². The van der Waals surface area contributed by atoms with Gasteiger partial charge in [0, 0.05) is 21.0 Å². The Morgan fingerprint density at radius 1 is 0.548 bits per heavy atom. The Morgan fingerprint density at radius 3 is 1.23 bits per heavy atom. The van der Waals surface area contributed by atoms with Crippen molar-refractivity contribution in [3.63, 3.8) is 0 Å². The van der Waals surface area contributed by atoms with E-state index in [-0.39, 0.29) is 14.0 Å². The minimum Gasteiger partial charge on any atom is -0.453 e. The Labute approximate surface area is 322 Å². The predicted molar refractivity (Wildman–Crippen MR) is 135 cm³/mol. The van der Waals surface area contributed by atoms with Crippen molar-refractivity contribution in [2.75, 3.05) is 20.3 Å². The fourth-order valence-electron chi connectivity index (χ4n) is 4.78. The highest BCUT2D eigenvalue weighted by molar-refractivity contribution is 5.89. The highest BCUT2D eigenvalue weighted by atomic mass is 19.4. The molecule has 0 radical (unpaired) electrons. The number of carbonyl (C=O) groups excluding carboxylic acids is 1. The van der Waals surface area contributed by atoms with Gasteiger partial charge in [-0.1, -0.05) is 13.5 Å². The van der Waals surface area contributed by atoms with Crippen molar-refractivity contribution in [3.05, 3.63) is 12.2 Å². The van der Waals surface area contributed by atoms with Gasteiger partial charge >= 0.3 is 72.4 Å². The molecule has 4 atom stereocenters. The SMILES string of the molecule is C=C(C(=O)OCC(F)(F)OC(F)(F)C(F)(F)OC)C(F)(F)F.CCC1(F)C(F)(F)C(F)(C(C)(F)F)C(F)(C(F)(F)OC(F)(F)C(F)(F)OC(F)(F)CO)C(F)(F)C1(F)C(C)(F)F. The molecule has 1 rings (SSSR count). The van der Waals surface area contributed by atoms with E-state index < -0.39 is 140 Å². The summed E-state index contributed by atoms with van der Waals surface area (Å²) in [6.45, 7) is -6.59. The fraction of sp³-hybridized carbons (Fsp3) is 0.885. The second-order valence-corrected chi connectivity index (χ2v) is 12.1. The lowest BCUT2D eigenvalue weighted by Crippen LogP contribution is -2.95. The summed E-state index contributed by atoms with van der Waals surface area (Å²) in [6, 6.07) is 0. The quantitative estimate of drug-likeness (QED) is 0.0883. The Balaban J connectivity index is 0.00000143. The second kappa shape index (κ2) is 16.4. The zero-order valence-corrected chi connectivity index (χ0v) is 29.7. The Kier molecular flexibility index (Phi) is 15.6. The van der Waals surface area contributed by atoms with Gasteiger partial charge in [0.2, 0.25) is 5.67 Å². The summed E-state index contributed by atoms with van der Waals surface area (Å²) in [5.74, 6) is -32.3. The maximum absolute atomic E-state index is 15.5. The molecule has 0 saturated heterocycles. The molecule has 1 fully saturated rings. The molecule has 370 valence electrons. The van der Waals surface area contributed by atoms with Gasteiger partial charge in [0.05, 0.1) is 0 Å². The van der Waals surface area contributed by atoms with Gasteiger partial charge in [-0.25, -0.2) is 54.1 Å². The molecular weight excluding hydrogens is 975 g/mol. The third-order valence-electron chi connectivity index (χ3n) is 7.80. The van der Waals surface area contributed by atoms with Crippen LogP contribution in [0.25, 0.3) is 0 Å². The first-order valence-electron chi connectivity index (χ1n) is 14.7. The molecule has 0 aromatic rings. The first kappa shape index (κ1) is 59.0. The number of aliphatic hydroxyl groups is 1. The maximum atomic E-state index is 15.5. The van der Waals surface area contributed by atoms with Crippen LogP contribution in [0.15, 0.2) is 12.2 Å². The van der Waals surface area contributed by atoms with Gasteiger partial charge < -0.3 is 14.6 Å². The summed E-state index contributed by atoms with van der Waals surface area (Å²) in [5, 5.41) is 8.03. The zero-order chi connectivity index (χ0) is 50.8. The molecule has 0 aliphatic heterocycles. The smallest absolute Gasteiger partial charge is 0.453 e. The molecule has 1 aliphatic rings. The van der Waals surface area contributed by atoms with E-state index in [4.69, 9.17) is 5.11 Å². The molecule has 0 amide bonds. The molecule has 62 heavy (non-hydrogen) atoms. The van der Waals surface area contributed by atoms with Crippen molar-refractivity contribution in [3.8, 4) is 0 Å². The van der Waals surface area contributed by atoms with Gasteiger partial charge in [-0.05, 0) is 6.42 Å². The molecule has 0 aromatic heterocycles. The van der Waals surface area contributed by atoms with Crippen LogP contribution in [0.3, 0.4) is 0 Å². The fourth-order valence-corrected chi connectivity index (χ4v) is 4.78. The van der Waals surface area contributed by atoms with Crippen molar-refractivity contribution in [2.24, 2.45) is 0 Å². The van der Waals surface area contributed by atoms with Crippen LogP contribution in [0.5, 0.6) is 0 Å². The van der Waals surface area contributed by atoms with Crippen LogP contribution < -0.4 is 0 Å². The largest absolute Gasteiger partial charge is 0.453 e. The zero-order valence-electron chi connectivity index (χ0n) is 29.7. The van der Waals surface area contributed by atoms with Crippen molar-refractivity contribution < 1.29 is 161 Å². The van der Waals surface area contributed by atoms with Crippen LogP contribution in [0, 0.1) is 0 Å². The Hall–Kier alpha value is -3.02. The molecule has 1 N–H and O–H groups in total. The predicted octanol–water partition coefficient (Wildman–Crippen LogP) is 10.3. The Bertz CT molecular complexity index is 1600. The number of carbonyl (C=O) groups is 1. The van der Waals surface area contributed by atoms with Crippen LogP contribution in [0.1, 0.15) is 27.2 Å². The third kappa shape index (κ3) is 9.24. The average Bonchev–Trinajstić information content (AvgIpc) is 3.05. The van der Waals surface area contributed by atoms with E-state index in [1.807, 2.05) is 4.74 Å². The average molecular weight is 996 g/mol. The molecule has 1 saturated carbocycles. The summed E-state index contributed by atoms with van der Waals surface area (Å²) in [6.07, 6.45) is -54.5. The highest BCUT2D eigenvalue weighted by Crippen LogP contribution is 2.77. The molecule has 4 unspecified atom stereocenters. The number of alkyl halides is 29. The number of halogens is 29. The second-order valence-electron chi connectivity index (χ2n) is 12.1. The number of ether oxygens (including phenoxy) is 5. The molecule has 7 nitrogen and oxygen atoms in total. The van der Waals surface area contributed by atoms with Gasteiger partial charge in [-0.15, -0.1) is 0 Å². The van der Waals surface area contributed by atoms with Gasteiger partial charge in [-0.3, -0.25) is 0 Å². The third-order valence-corrected chi connectivity index (χ3v) is 7.80. The standard InChI is InChI=1S/C17H14F20O3.C9H7F9O4/c1-4-8(22)10(25,6(2,18)19)14(30,31)12(27,11(26,7(3,20)21)13(8,28)29)15(32,33)40-17(36,37)16(34,35)39-9(23,24)5-38;1-4(7(12,13)14)5(19)21-3-6(10,11)22-9(17,18)8(15,16)20-2/h38H,4-5H2,1-3H3;1,3H2,2H3. The van der Waals surface area contributed by atoms with Crippen molar-refractivity contribution in [1.82, 2.24) is 0 Å². The minimum atomic E-state index is -8.72. The number of hydrogen-bond donors (Lipinski definition) is 1. The van der Waals surface area contributed by atoms with E-state index in [0.717, 1.165) is 0 Å². The van der Waals surface area contributed by atoms with E-state index in [9.17, 15) is 115 Å². The van der Waals surface area contributed by atoms with Gasteiger partial charge in [0.1, 0.15) is 12.2 Å². The van der Waals surface area contributed by atoms with Crippen molar-refractivity contribution in [2.45, 2.75) is 122 Å². The number of hydrogen-bond acceptors (Lipinski definition) is 7. The van der Waals surface area contributed by atoms with Crippen LogP contribution in [0.2, 0.25) is 0 Å². The first-order valence-corrected chi connectivity index (χ1v) is 14.7. The number of rotatable bonds is 17. The topological polar surface area (TPSA) is 83.5 Å². The minimum absolute atomic E-state index is 0.0583. The highest BCUT2D eigenvalue weighted by Gasteiger charge is 3.07. The summed E-state index contributed by atoms with van der Waals surface area (Å²) in [7, 11) is 0.0583. The van der Waals surface area contributed by atoms with Crippen LogP contribution in [0.4, 0.5) is 127 Å². The molecule has 0 spiro atoms. The number of methoxy groups -OCH3 is 1. The van der Waals surface area contributed by atoms with E-state index in [0.29, 0.717) is 0 Å². The molecular formula is C26H21F29O7. The van der Waals surface area contributed by atoms with Crippen LogP contribution in [-0.2, 0) is 28.5 Å². The molecule has 0 bridgehead atoms.